The first-order valence-corrected chi connectivity index (χ1v) is 16.3. The summed E-state index contributed by atoms with van der Waals surface area (Å²) in [6, 6.07) is 53.3. The summed E-state index contributed by atoms with van der Waals surface area (Å²) in [7, 11) is 0. The molecule has 0 aliphatic rings. The van der Waals surface area contributed by atoms with Crippen molar-refractivity contribution in [2.75, 3.05) is 0 Å². The Morgan fingerprint density at radius 1 is 0.404 bits per heavy atom. The van der Waals surface area contributed by atoms with Crippen LogP contribution in [0.1, 0.15) is 11.4 Å². The third-order valence-corrected chi connectivity index (χ3v) is 10.2. The van der Waals surface area contributed by atoms with Crippen LogP contribution in [0.15, 0.2) is 146 Å². The molecule has 1 aromatic heterocycles. The molecule has 0 radical (unpaired) electrons. The van der Waals surface area contributed by atoms with Gasteiger partial charge in [0, 0.05) is 22.2 Å². The Labute approximate surface area is 272 Å². The number of hydrogen-bond donors (Lipinski definition) is 0. The normalized spacial score (nSPS) is 12.0. The van der Waals surface area contributed by atoms with Gasteiger partial charge in [-0.3, -0.25) is 0 Å². The molecule has 0 fully saturated rings. The summed E-state index contributed by atoms with van der Waals surface area (Å²) in [5, 5.41) is 20.5. The van der Waals surface area contributed by atoms with Crippen LogP contribution in [0.2, 0.25) is 0 Å². The number of aryl methyl sites for hydroxylation is 1. The Morgan fingerprint density at radius 3 is 1.64 bits per heavy atom. The van der Waals surface area contributed by atoms with E-state index in [4.69, 9.17) is 5.10 Å². The van der Waals surface area contributed by atoms with Crippen LogP contribution in [0, 0.1) is 13.8 Å². The first kappa shape index (κ1) is 26.2. The van der Waals surface area contributed by atoms with Gasteiger partial charge in [-0.25, -0.2) is 4.68 Å². The molecule has 0 spiro atoms. The van der Waals surface area contributed by atoms with E-state index in [1.54, 1.807) is 0 Å². The molecule has 10 rings (SSSR count). The minimum absolute atomic E-state index is 1.03. The van der Waals surface area contributed by atoms with Gasteiger partial charge in [-0.1, -0.05) is 140 Å². The second-order valence-corrected chi connectivity index (χ2v) is 12.8. The van der Waals surface area contributed by atoms with Gasteiger partial charge >= 0.3 is 0 Å². The Hall–Kier alpha value is -5.99. The predicted molar refractivity (Wildman–Crippen MR) is 200 cm³/mol. The van der Waals surface area contributed by atoms with E-state index in [2.05, 4.69) is 164 Å². The monoisotopic (exact) mass is 598 g/mol. The van der Waals surface area contributed by atoms with E-state index in [1.807, 2.05) is 0 Å². The molecule has 0 aliphatic carbocycles. The average molecular weight is 599 g/mol. The molecule has 0 aliphatic heterocycles. The van der Waals surface area contributed by atoms with Gasteiger partial charge in [0.15, 0.2) is 0 Å². The van der Waals surface area contributed by atoms with Gasteiger partial charge in [-0.05, 0) is 90.3 Å². The lowest BCUT2D eigenvalue weighted by molar-refractivity contribution is 0.841. The molecule has 9 aromatic carbocycles. The van der Waals surface area contributed by atoms with Crippen molar-refractivity contribution in [3.63, 3.8) is 0 Å². The molecule has 0 atom stereocenters. The molecular weight excluding hydrogens is 569 g/mol. The molecule has 0 unspecified atom stereocenters. The Morgan fingerprint density at radius 2 is 0.915 bits per heavy atom. The van der Waals surface area contributed by atoms with Crippen molar-refractivity contribution in [3.8, 4) is 27.9 Å². The first-order chi connectivity index (χ1) is 23.2. The smallest absolute Gasteiger partial charge is 0.0734 e. The number of nitrogens with zero attached hydrogens (tertiary/aromatic N) is 2. The van der Waals surface area contributed by atoms with E-state index < -0.39 is 0 Å². The molecule has 0 N–H and O–H groups in total. The fourth-order valence-electron chi connectivity index (χ4n) is 8.29. The number of hydrogen-bond acceptors (Lipinski definition) is 1. The SMILES string of the molecule is Cc1nn(-c2cc3cccc4ccc5cccc2c5c43)c(C)c1-c1c2ccccc2c(-c2cccc3ccccc23)c2ccccc12. The number of rotatable bonds is 3. The van der Waals surface area contributed by atoms with Gasteiger partial charge in [-0.15, -0.1) is 0 Å². The summed E-state index contributed by atoms with van der Waals surface area (Å²) in [5.41, 5.74) is 8.29. The van der Waals surface area contributed by atoms with Crippen LogP contribution in [-0.4, -0.2) is 9.78 Å². The summed E-state index contributed by atoms with van der Waals surface area (Å²) < 4.78 is 2.19. The lowest BCUT2D eigenvalue weighted by Gasteiger charge is -2.19. The van der Waals surface area contributed by atoms with Gasteiger partial charge < -0.3 is 0 Å². The zero-order valence-electron chi connectivity index (χ0n) is 26.3. The molecule has 0 saturated heterocycles. The fraction of sp³-hybridized carbons (Fsp3) is 0.0444. The van der Waals surface area contributed by atoms with Crippen LogP contribution in [0.3, 0.4) is 0 Å². The average Bonchev–Trinajstić information content (AvgIpc) is 3.41. The summed E-state index contributed by atoms with van der Waals surface area (Å²) in [6.07, 6.45) is 0. The maximum absolute atomic E-state index is 5.32. The zero-order chi connectivity index (χ0) is 31.2. The highest BCUT2D eigenvalue weighted by molar-refractivity contribution is 6.26. The van der Waals surface area contributed by atoms with Crippen LogP contribution in [-0.2, 0) is 0 Å². The summed E-state index contributed by atoms with van der Waals surface area (Å²) in [6.45, 7) is 4.40. The van der Waals surface area contributed by atoms with E-state index >= 15 is 0 Å². The molecule has 0 amide bonds. The van der Waals surface area contributed by atoms with Gasteiger partial charge in [0.25, 0.3) is 0 Å². The molecular formula is C45H30N2. The number of fused-ring (bicyclic) bond motifs is 3. The van der Waals surface area contributed by atoms with E-state index in [0.717, 1.165) is 17.1 Å². The summed E-state index contributed by atoms with van der Waals surface area (Å²) >= 11 is 0. The van der Waals surface area contributed by atoms with Crippen molar-refractivity contribution in [2.24, 2.45) is 0 Å². The Balaban J connectivity index is 1.30. The fourth-order valence-corrected chi connectivity index (χ4v) is 8.29. The maximum Gasteiger partial charge on any atom is 0.0734 e. The molecule has 2 heteroatoms. The van der Waals surface area contributed by atoms with E-state index in [1.165, 1.54) is 86.9 Å². The van der Waals surface area contributed by atoms with E-state index in [0.29, 0.717) is 0 Å². The van der Waals surface area contributed by atoms with Crippen molar-refractivity contribution < 1.29 is 0 Å². The van der Waals surface area contributed by atoms with Gasteiger partial charge in [0.1, 0.15) is 0 Å². The van der Waals surface area contributed by atoms with Crippen molar-refractivity contribution in [1.29, 1.82) is 0 Å². The van der Waals surface area contributed by atoms with Crippen LogP contribution >= 0.6 is 0 Å². The van der Waals surface area contributed by atoms with Gasteiger partial charge in [0.05, 0.1) is 11.4 Å². The zero-order valence-corrected chi connectivity index (χ0v) is 26.3. The molecule has 47 heavy (non-hydrogen) atoms. The van der Waals surface area contributed by atoms with Crippen LogP contribution < -0.4 is 0 Å². The van der Waals surface area contributed by atoms with E-state index in [9.17, 15) is 0 Å². The van der Waals surface area contributed by atoms with Crippen molar-refractivity contribution in [2.45, 2.75) is 13.8 Å². The van der Waals surface area contributed by atoms with Gasteiger partial charge in [0.2, 0.25) is 0 Å². The lowest BCUT2D eigenvalue weighted by atomic mass is 9.84. The molecule has 2 nitrogen and oxygen atoms in total. The second-order valence-electron chi connectivity index (χ2n) is 12.8. The third-order valence-electron chi connectivity index (χ3n) is 10.2. The highest BCUT2D eigenvalue weighted by Gasteiger charge is 2.24. The molecule has 10 aromatic rings. The highest BCUT2D eigenvalue weighted by atomic mass is 15.3. The second kappa shape index (κ2) is 9.75. The maximum atomic E-state index is 5.32. The van der Waals surface area contributed by atoms with Crippen LogP contribution in [0.4, 0.5) is 0 Å². The standard InChI is InChI=1S/C45H30N2/c1-27-41(28(2)47(46-27)40-26-32-16-9-14-30-24-25-31-15-11-23-39(40)43(31)42(30)32)45-37-20-7-5-18-35(37)44(36-19-6-8-21-38(36)45)34-22-10-13-29-12-3-4-17-33(29)34/h3-26H,1-2H3. The molecule has 1 heterocycles. The van der Waals surface area contributed by atoms with Crippen LogP contribution in [0.25, 0.3) is 92.6 Å². The number of benzene rings is 9. The van der Waals surface area contributed by atoms with Crippen LogP contribution in [0.5, 0.6) is 0 Å². The minimum Gasteiger partial charge on any atom is -0.237 e. The predicted octanol–water partition coefficient (Wildman–Crippen LogP) is 12.2. The Bertz CT molecular complexity index is 2810. The summed E-state index contributed by atoms with van der Waals surface area (Å²) in [4.78, 5) is 0. The quantitative estimate of drug-likeness (QED) is 0.146. The molecule has 220 valence electrons. The number of aromatic nitrogens is 2. The highest BCUT2D eigenvalue weighted by Crippen LogP contribution is 2.47. The molecule has 0 bridgehead atoms. The summed E-state index contributed by atoms with van der Waals surface area (Å²) in [5.74, 6) is 0. The molecule has 0 saturated carbocycles. The largest absolute Gasteiger partial charge is 0.237 e. The topological polar surface area (TPSA) is 17.8 Å². The minimum atomic E-state index is 1.03. The van der Waals surface area contributed by atoms with Crippen molar-refractivity contribution in [3.05, 3.63) is 157 Å². The van der Waals surface area contributed by atoms with Crippen molar-refractivity contribution >= 4 is 64.6 Å². The lowest BCUT2D eigenvalue weighted by Crippen LogP contribution is -2.01. The van der Waals surface area contributed by atoms with Gasteiger partial charge in [-0.2, -0.15) is 5.10 Å². The third kappa shape index (κ3) is 3.64. The van der Waals surface area contributed by atoms with Crippen molar-refractivity contribution in [1.82, 2.24) is 9.78 Å². The first-order valence-electron chi connectivity index (χ1n) is 16.3. The Kier molecular flexibility index (Phi) is 5.45. The van der Waals surface area contributed by atoms with E-state index in [-0.39, 0.29) is 0 Å².